The van der Waals surface area contributed by atoms with Gasteiger partial charge in [-0.2, -0.15) is 0 Å². The van der Waals surface area contributed by atoms with Crippen LogP contribution in [-0.4, -0.2) is 35.4 Å². The lowest BCUT2D eigenvalue weighted by Crippen LogP contribution is -2.55. The molecule has 23 heavy (non-hydrogen) atoms. The predicted octanol–water partition coefficient (Wildman–Crippen LogP) is 4.06. The van der Waals surface area contributed by atoms with Gasteiger partial charge in [-0.15, -0.1) is 0 Å². The van der Waals surface area contributed by atoms with Crippen molar-refractivity contribution < 1.29 is 9.50 Å². The van der Waals surface area contributed by atoms with Crippen LogP contribution < -0.4 is 0 Å². The number of rotatable bonds is 5. The van der Waals surface area contributed by atoms with Gasteiger partial charge >= 0.3 is 0 Å². The molecule has 3 heteroatoms. The maximum absolute atomic E-state index is 13.1. The Balaban J connectivity index is 1.92. The van der Waals surface area contributed by atoms with Crippen molar-refractivity contribution in [3.63, 3.8) is 0 Å². The van der Waals surface area contributed by atoms with Gasteiger partial charge < -0.3 is 5.11 Å². The molecule has 3 atom stereocenters. The molecule has 0 spiro atoms. The number of aliphatic hydroxyl groups is 1. The number of hydrogen-bond acceptors (Lipinski definition) is 2. The number of fused-ring (bicyclic) bond motifs is 3. The fourth-order valence-corrected chi connectivity index (χ4v) is 4.61. The maximum Gasteiger partial charge on any atom is 0.0922 e. The standard InChI is InChI=1S/C20H30FNO/c1-3-5-17-14-22-11-8-16-7-6-15(4-2)12-18(16)19(22)13-20(17,23)9-10-21/h6-7,12,17,19,23H,3-5,8-11,13-14H2,1-2H3/t17-,19-,20-/m1/s1/i21-1. The SMILES string of the molecule is CCC[C@@H]1CN2CCc3ccc(CC)cc3[C@H]2C[C@]1(O)CC[18F]. The van der Waals surface area contributed by atoms with E-state index in [0.29, 0.717) is 6.42 Å². The molecule has 3 rings (SSSR count). The molecule has 0 aliphatic carbocycles. The summed E-state index contributed by atoms with van der Waals surface area (Å²) in [7, 11) is 0. The van der Waals surface area contributed by atoms with Gasteiger partial charge in [0.2, 0.25) is 0 Å². The normalized spacial score (nSPS) is 30.8. The summed E-state index contributed by atoms with van der Waals surface area (Å²) in [6.45, 7) is 5.88. The molecule has 2 aliphatic rings. The Morgan fingerprint density at radius 3 is 2.87 bits per heavy atom. The molecule has 2 aliphatic heterocycles. The zero-order valence-corrected chi connectivity index (χ0v) is 14.5. The monoisotopic (exact) mass is 318 g/mol. The predicted molar refractivity (Wildman–Crippen MR) is 92.4 cm³/mol. The molecule has 2 nitrogen and oxygen atoms in total. The van der Waals surface area contributed by atoms with Crippen LogP contribution >= 0.6 is 0 Å². The summed E-state index contributed by atoms with van der Waals surface area (Å²) in [6, 6.07) is 7.07. The minimum Gasteiger partial charge on any atom is -0.389 e. The summed E-state index contributed by atoms with van der Waals surface area (Å²) >= 11 is 0. The highest BCUT2D eigenvalue weighted by Crippen LogP contribution is 2.45. The van der Waals surface area contributed by atoms with E-state index in [-0.39, 0.29) is 18.4 Å². The first-order valence-corrected chi connectivity index (χ1v) is 9.25. The Morgan fingerprint density at radius 1 is 1.35 bits per heavy atom. The maximum atomic E-state index is 13.1. The number of halogens is 1. The fraction of sp³-hybridized carbons (Fsp3) is 0.700. The molecule has 1 aromatic rings. The summed E-state index contributed by atoms with van der Waals surface area (Å²) < 4.78 is 13.1. The zero-order chi connectivity index (χ0) is 16.4. The van der Waals surface area contributed by atoms with Gasteiger partial charge in [0, 0.05) is 31.5 Å². The van der Waals surface area contributed by atoms with E-state index in [1.807, 2.05) is 0 Å². The smallest absolute Gasteiger partial charge is 0.0922 e. The van der Waals surface area contributed by atoms with E-state index in [1.165, 1.54) is 16.7 Å². The highest BCUT2D eigenvalue weighted by Gasteiger charge is 2.46. The molecule has 128 valence electrons. The van der Waals surface area contributed by atoms with Gasteiger partial charge in [-0.1, -0.05) is 38.5 Å². The van der Waals surface area contributed by atoms with E-state index in [0.717, 1.165) is 38.8 Å². The molecule has 0 radical (unpaired) electrons. The van der Waals surface area contributed by atoms with E-state index in [9.17, 15) is 9.50 Å². The Hall–Kier alpha value is -0.930. The second-order valence-electron chi connectivity index (χ2n) is 7.38. The van der Waals surface area contributed by atoms with Crippen LogP contribution in [-0.2, 0) is 12.8 Å². The van der Waals surface area contributed by atoms with Gasteiger partial charge in [-0.3, -0.25) is 9.29 Å². The summed E-state index contributed by atoms with van der Waals surface area (Å²) in [5.41, 5.74) is 3.31. The molecule has 1 aromatic carbocycles. The molecular weight excluding hydrogens is 288 g/mol. The number of nitrogens with zero attached hydrogens (tertiary/aromatic N) is 1. The molecule has 0 unspecified atom stereocenters. The van der Waals surface area contributed by atoms with Gasteiger partial charge in [0.25, 0.3) is 0 Å². The number of piperidine rings is 1. The first-order valence-electron chi connectivity index (χ1n) is 9.25. The van der Waals surface area contributed by atoms with Gasteiger partial charge in [-0.05, 0) is 42.4 Å². The minimum atomic E-state index is -0.844. The van der Waals surface area contributed by atoms with Crippen LogP contribution in [0, 0.1) is 5.92 Å². The summed E-state index contributed by atoms with van der Waals surface area (Å²) in [5.74, 6) is 0.204. The Bertz CT molecular complexity index is 546. The van der Waals surface area contributed by atoms with E-state index >= 15 is 0 Å². The van der Waals surface area contributed by atoms with E-state index in [4.69, 9.17) is 0 Å². The number of aryl methyl sites for hydroxylation is 1. The van der Waals surface area contributed by atoms with Gasteiger partial charge in [-0.25, -0.2) is 0 Å². The molecule has 1 fully saturated rings. The lowest BCUT2D eigenvalue weighted by atomic mass is 9.71. The fourth-order valence-electron chi connectivity index (χ4n) is 4.61. The van der Waals surface area contributed by atoms with Crippen LogP contribution in [0.4, 0.5) is 4.39 Å². The topological polar surface area (TPSA) is 23.5 Å². The van der Waals surface area contributed by atoms with Crippen LogP contribution in [0.5, 0.6) is 0 Å². The van der Waals surface area contributed by atoms with Crippen LogP contribution in [0.25, 0.3) is 0 Å². The van der Waals surface area contributed by atoms with Crippen LogP contribution in [0.1, 0.15) is 62.3 Å². The number of hydrogen-bond donors (Lipinski definition) is 1. The summed E-state index contributed by atoms with van der Waals surface area (Å²) in [4.78, 5) is 2.54. The first-order chi connectivity index (χ1) is 11.1. The van der Waals surface area contributed by atoms with E-state index in [2.05, 4.69) is 36.9 Å². The van der Waals surface area contributed by atoms with Crippen molar-refractivity contribution in [1.29, 1.82) is 0 Å². The number of benzene rings is 1. The van der Waals surface area contributed by atoms with Crippen molar-refractivity contribution in [2.45, 2.75) is 64.0 Å². The molecule has 0 saturated carbocycles. The average molecular weight is 318 g/mol. The molecule has 0 amide bonds. The second-order valence-corrected chi connectivity index (χ2v) is 7.38. The summed E-state index contributed by atoms with van der Waals surface area (Å²) in [5, 5.41) is 11.2. The summed E-state index contributed by atoms with van der Waals surface area (Å²) in [6.07, 6.45) is 5.13. The molecule has 0 bridgehead atoms. The van der Waals surface area contributed by atoms with Gasteiger partial charge in [0.05, 0.1) is 12.3 Å². The molecule has 0 aromatic heterocycles. The third-order valence-electron chi connectivity index (χ3n) is 6.01. The van der Waals surface area contributed by atoms with Crippen molar-refractivity contribution in [2.24, 2.45) is 5.92 Å². The van der Waals surface area contributed by atoms with Gasteiger partial charge in [0.1, 0.15) is 0 Å². The van der Waals surface area contributed by atoms with Crippen molar-refractivity contribution >= 4 is 0 Å². The van der Waals surface area contributed by atoms with Crippen LogP contribution in [0.3, 0.4) is 0 Å². The van der Waals surface area contributed by atoms with Crippen molar-refractivity contribution in [1.82, 2.24) is 4.90 Å². The van der Waals surface area contributed by atoms with Crippen molar-refractivity contribution in [2.75, 3.05) is 19.8 Å². The van der Waals surface area contributed by atoms with Crippen LogP contribution in [0.2, 0.25) is 0 Å². The van der Waals surface area contributed by atoms with E-state index < -0.39 is 12.3 Å². The first kappa shape index (κ1) is 16.9. The Kier molecular flexibility index (Phi) is 5.07. The molecular formula is C20H30FNO. The lowest BCUT2D eigenvalue weighted by Gasteiger charge is -2.51. The minimum absolute atomic E-state index is 0.204. The largest absolute Gasteiger partial charge is 0.389 e. The molecule has 1 N–H and O–H groups in total. The second kappa shape index (κ2) is 6.90. The quantitative estimate of drug-likeness (QED) is 0.885. The van der Waals surface area contributed by atoms with Crippen LogP contribution in [0.15, 0.2) is 18.2 Å². The lowest BCUT2D eigenvalue weighted by molar-refractivity contribution is -0.107. The van der Waals surface area contributed by atoms with E-state index in [1.54, 1.807) is 0 Å². The third-order valence-corrected chi connectivity index (χ3v) is 6.01. The zero-order valence-electron chi connectivity index (χ0n) is 14.5. The Morgan fingerprint density at radius 2 is 2.17 bits per heavy atom. The number of alkyl halides is 1. The Labute approximate surface area is 139 Å². The van der Waals surface area contributed by atoms with Crippen molar-refractivity contribution in [3.05, 3.63) is 34.9 Å². The average Bonchev–Trinajstić information content (AvgIpc) is 2.55. The van der Waals surface area contributed by atoms with Crippen molar-refractivity contribution in [3.8, 4) is 0 Å². The molecule has 2 heterocycles. The molecule has 1 saturated heterocycles. The highest BCUT2D eigenvalue weighted by molar-refractivity contribution is 5.37. The van der Waals surface area contributed by atoms with Gasteiger partial charge in [0.15, 0.2) is 0 Å². The third kappa shape index (κ3) is 3.18. The highest BCUT2D eigenvalue weighted by atomic mass is 18.2.